The Hall–Kier alpha value is -2.64. The third kappa shape index (κ3) is 4.61. The van der Waals surface area contributed by atoms with Crippen LogP contribution in [-0.2, 0) is 4.79 Å². The van der Waals surface area contributed by atoms with Crippen LogP contribution in [0.25, 0.3) is 21.9 Å². The summed E-state index contributed by atoms with van der Waals surface area (Å²) >= 11 is 4.97. The second-order valence-electron chi connectivity index (χ2n) is 5.86. The lowest BCUT2D eigenvalue weighted by molar-refractivity contribution is -0.135. The van der Waals surface area contributed by atoms with Gasteiger partial charge in [0.1, 0.15) is 11.6 Å². The van der Waals surface area contributed by atoms with Gasteiger partial charge in [0.2, 0.25) is 0 Å². The second-order valence-corrected chi connectivity index (χ2v) is 7.75. The Bertz CT molecular complexity index is 1020. The van der Waals surface area contributed by atoms with Gasteiger partial charge >= 0.3 is 5.97 Å². The highest BCUT2D eigenvalue weighted by atomic mass is 79.9. The van der Waals surface area contributed by atoms with Gasteiger partial charge in [0.25, 0.3) is 0 Å². The summed E-state index contributed by atoms with van der Waals surface area (Å²) < 4.78 is 12.8. The number of fused-ring (bicyclic) bond motifs is 1. The molecule has 5 nitrogen and oxygen atoms in total. The molecule has 0 aliphatic rings. The third-order valence-electron chi connectivity index (χ3n) is 3.85. The van der Waals surface area contributed by atoms with Crippen molar-refractivity contribution >= 4 is 55.1 Å². The topological polar surface area (TPSA) is 68.7 Å². The Labute approximate surface area is 175 Å². The lowest BCUT2D eigenvalue weighted by Crippen LogP contribution is -1.99. The number of para-hydroxylation sites is 1. The molecule has 1 N–H and O–H groups in total. The maximum atomic E-state index is 11.4. The monoisotopic (exact) mass is 459 g/mol. The van der Waals surface area contributed by atoms with Gasteiger partial charge in [-0.05, 0) is 57.4 Å². The highest BCUT2D eigenvalue weighted by Gasteiger charge is 2.15. The van der Waals surface area contributed by atoms with Gasteiger partial charge < -0.3 is 14.6 Å². The molecule has 0 atom stereocenters. The van der Waals surface area contributed by atoms with E-state index in [1.165, 1.54) is 11.3 Å². The molecule has 2 aromatic carbocycles. The van der Waals surface area contributed by atoms with Crippen LogP contribution in [0.3, 0.4) is 0 Å². The first kappa shape index (κ1) is 20.1. The molecule has 144 valence electrons. The van der Waals surface area contributed by atoms with Crippen molar-refractivity contribution in [3.05, 3.63) is 64.1 Å². The number of aromatic nitrogens is 1. The summed E-state index contributed by atoms with van der Waals surface area (Å²) in [5.74, 6) is 0.197. The highest BCUT2D eigenvalue weighted by molar-refractivity contribution is 9.10. The molecule has 0 saturated carbocycles. The molecule has 0 fully saturated rings. The smallest absolute Gasteiger partial charge is 0.307 e. The molecule has 1 heterocycles. The number of benzene rings is 2. The minimum absolute atomic E-state index is 0.130. The Morgan fingerprint density at radius 2 is 2.14 bits per heavy atom. The Balaban J connectivity index is 2.06. The summed E-state index contributed by atoms with van der Waals surface area (Å²) in [6.07, 6.45) is 3.34. The number of carboxylic acids is 1. The van der Waals surface area contributed by atoms with Crippen molar-refractivity contribution in [1.29, 1.82) is 0 Å². The molecule has 0 bridgehead atoms. The third-order valence-corrected chi connectivity index (χ3v) is 5.55. The molecule has 3 rings (SSSR count). The van der Waals surface area contributed by atoms with Gasteiger partial charge in [-0.15, -0.1) is 11.3 Å². The number of nitrogens with zero attached hydrogens (tertiary/aromatic N) is 1. The number of methoxy groups -OCH3 is 1. The van der Waals surface area contributed by atoms with Crippen LogP contribution in [0.1, 0.15) is 17.0 Å². The number of rotatable bonds is 8. The lowest BCUT2D eigenvalue weighted by atomic mass is 10.1. The fourth-order valence-electron chi connectivity index (χ4n) is 2.67. The van der Waals surface area contributed by atoms with Gasteiger partial charge in [-0.2, -0.15) is 0 Å². The molecule has 0 radical (unpaired) electrons. The molecule has 1 aromatic heterocycles. The quantitative estimate of drug-likeness (QED) is 0.440. The molecular formula is C21H18BrNO4S. The number of hydrogen-bond donors (Lipinski definition) is 1. The average Bonchev–Trinajstić information content (AvgIpc) is 3.10. The van der Waals surface area contributed by atoms with Crippen molar-refractivity contribution in [2.24, 2.45) is 0 Å². The summed E-state index contributed by atoms with van der Waals surface area (Å²) in [7, 11) is 1.56. The minimum atomic E-state index is -0.914. The highest BCUT2D eigenvalue weighted by Crippen LogP contribution is 2.38. The van der Waals surface area contributed by atoms with Crippen molar-refractivity contribution < 1.29 is 19.4 Å². The van der Waals surface area contributed by atoms with Crippen LogP contribution in [0.2, 0.25) is 0 Å². The van der Waals surface area contributed by atoms with Crippen LogP contribution in [0.5, 0.6) is 11.5 Å². The normalized spacial score (nSPS) is 11.4. The van der Waals surface area contributed by atoms with Crippen molar-refractivity contribution in [1.82, 2.24) is 4.98 Å². The van der Waals surface area contributed by atoms with Gasteiger partial charge in [0, 0.05) is 0 Å². The van der Waals surface area contributed by atoms with E-state index >= 15 is 0 Å². The number of carboxylic acid groups (broad SMARTS) is 1. The van der Waals surface area contributed by atoms with Crippen LogP contribution < -0.4 is 9.47 Å². The summed E-state index contributed by atoms with van der Waals surface area (Å²) in [4.78, 5) is 16.0. The van der Waals surface area contributed by atoms with Crippen molar-refractivity contribution in [2.45, 2.75) is 6.42 Å². The number of thiazole rings is 1. The zero-order valence-corrected chi connectivity index (χ0v) is 17.5. The van der Waals surface area contributed by atoms with Gasteiger partial charge in [-0.3, -0.25) is 4.79 Å². The molecule has 28 heavy (non-hydrogen) atoms. The predicted molar refractivity (Wildman–Crippen MR) is 116 cm³/mol. The fourth-order valence-corrected chi connectivity index (χ4v) is 4.22. The van der Waals surface area contributed by atoms with E-state index < -0.39 is 5.97 Å². The number of halogens is 1. The van der Waals surface area contributed by atoms with E-state index in [0.717, 1.165) is 15.8 Å². The zero-order valence-electron chi connectivity index (χ0n) is 15.1. The van der Waals surface area contributed by atoms with Crippen LogP contribution in [-0.4, -0.2) is 29.8 Å². The van der Waals surface area contributed by atoms with E-state index in [1.54, 1.807) is 19.3 Å². The van der Waals surface area contributed by atoms with Crippen molar-refractivity contribution in [2.75, 3.05) is 13.7 Å². The maximum absolute atomic E-state index is 11.4. The minimum Gasteiger partial charge on any atom is -0.493 e. The second kappa shape index (κ2) is 9.03. The van der Waals surface area contributed by atoms with Crippen LogP contribution >= 0.6 is 27.3 Å². The lowest BCUT2D eigenvalue weighted by Gasteiger charge is -2.13. The Morgan fingerprint density at radius 3 is 2.82 bits per heavy atom. The molecule has 0 saturated heterocycles. The molecule has 0 aliphatic carbocycles. The maximum Gasteiger partial charge on any atom is 0.307 e. The first-order valence-electron chi connectivity index (χ1n) is 8.41. The Morgan fingerprint density at radius 1 is 1.36 bits per heavy atom. The predicted octanol–water partition coefficient (Wildman–Crippen LogP) is 5.65. The van der Waals surface area contributed by atoms with E-state index in [4.69, 9.17) is 9.47 Å². The summed E-state index contributed by atoms with van der Waals surface area (Å²) in [5.41, 5.74) is 2.26. The number of aliphatic carboxylic acids is 1. The van der Waals surface area contributed by atoms with E-state index in [-0.39, 0.29) is 6.42 Å². The first-order chi connectivity index (χ1) is 13.5. The average molecular weight is 460 g/mol. The van der Waals surface area contributed by atoms with E-state index in [9.17, 15) is 9.90 Å². The van der Waals surface area contributed by atoms with Crippen molar-refractivity contribution in [3.63, 3.8) is 0 Å². The summed E-state index contributed by atoms with van der Waals surface area (Å²) in [6, 6.07) is 11.4. The van der Waals surface area contributed by atoms with Gasteiger partial charge in [-0.25, -0.2) is 4.98 Å². The number of carbonyl (C=O) groups is 1. The van der Waals surface area contributed by atoms with Crippen LogP contribution in [0.15, 0.2) is 53.5 Å². The van der Waals surface area contributed by atoms with Crippen LogP contribution in [0.4, 0.5) is 0 Å². The first-order valence-corrected chi connectivity index (χ1v) is 10.0. The molecule has 3 aromatic rings. The number of hydrogen-bond acceptors (Lipinski definition) is 5. The molecule has 0 unspecified atom stereocenters. The summed E-state index contributed by atoms with van der Waals surface area (Å²) in [5, 5.41) is 10.1. The molecular weight excluding hydrogens is 442 g/mol. The molecule has 0 aliphatic heterocycles. The van der Waals surface area contributed by atoms with Gasteiger partial charge in [-0.1, -0.05) is 24.8 Å². The molecule has 7 heteroatoms. The SMILES string of the molecule is C=CCOc1c(Br)cc(/C=C(\CC(=O)O)c2nc3ccccc3s2)cc1OC. The standard InChI is InChI=1S/C21H18BrNO4S/c1-3-8-27-20-15(22)10-13(11-17(20)26-2)9-14(12-19(24)25)21-23-16-6-4-5-7-18(16)28-21/h3-7,9-11H,1,8,12H2,2H3,(H,24,25)/b14-9+. The van der Waals surface area contributed by atoms with Crippen molar-refractivity contribution in [3.8, 4) is 11.5 Å². The van der Waals surface area contributed by atoms with E-state index in [2.05, 4.69) is 27.5 Å². The van der Waals surface area contributed by atoms with Gasteiger partial charge in [0.15, 0.2) is 11.5 Å². The zero-order chi connectivity index (χ0) is 20.1. The Kier molecular flexibility index (Phi) is 6.49. The van der Waals surface area contributed by atoms with Gasteiger partial charge in [0.05, 0.1) is 28.2 Å². The fraction of sp³-hybridized carbons (Fsp3) is 0.143. The molecule has 0 amide bonds. The molecule has 0 spiro atoms. The summed E-state index contributed by atoms with van der Waals surface area (Å²) in [6.45, 7) is 3.99. The number of ether oxygens (including phenoxy) is 2. The van der Waals surface area contributed by atoms with Crippen LogP contribution in [0, 0.1) is 0 Å². The van der Waals surface area contributed by atoms with E-state index in [0.29, 0.717) is 33.2 Å². The van der Waals surface area contributed by atoms with E-state index in [1.807, 2.05) is 36.4 Å². The largest absolute Gasteiger partial charge is 0.493 e.